The Kier molecular flexibility index (Phi) is 3.64. The molecule has 2 atom stereocenters. The van der Waals surface area contributed by atoms with Gasteiger partial charge in [-0.15, -0.1) is 0 Å². The molecule has 1 fully saturated rings. The van der Waals surface area contributed by atoms with Crippen LogP contribution in [0.25, 0.3) is 0 Å². The molecule has 0 spiro atoms. The third-order valence-corrected chi connectivity index (χ3v) is 4.17. The van der Waals surface area contributed by atoms with Crippen LogP contribution in [0, 0.1) is 19.3 Å². The molecule has 0 aliphatic heterocycles. The molecule has 19 heavy (non-hydrogen) atoms. The average Bonchev–Trinajstić information content (AvgIpc) is 2.37. The van der Waals surface area contributed by atoms with Gasteiger partial charge in [0.05, 0.1) is 6.10 Å². The van der Waals surface area contributed by atoms with Gasteiger partial charge in [0.1, 0.15) is 17.5 Å². The van der Waals surface area contributed by atoms with Gasteiger partial charge in [0.15, 0.2) is 0 Å². The maximum atomic E-state index is 5.47. The summed E-state index contributed by atoms with van der Waals surface area (Å²) in [6.45, 7) is 8.22. The van der Waals surface area contributed by atoms with Crippen molar-refractivity contribution < 1.29 is 4.74 Å². The molecule has 6 heteroatoms. The summed E-state index contributed by atoms with van der Waals surface area (Å²) in [5, 5.41) is 3.49. The van der Waals surface area contributed by atoms with E-state index in [1.807, 2.05) is 13.8 Å². The van der Waals surface area contributed by atoms with E-state index >= 15 is 0 Å². The molecule has 0 aromatic carbocycles. The van der Waals surface area contributed by atoms with Gasteiger partial charge >= 0.3 is 0 Å². The molecule has 0 radical (unpaired) electrons. The second kappa shape index (κ2) is 4.94. The molecule has 1 heterocycles. The molecular weight excluding hydrogens is 242 g/mol. The Bertz CT molecular complexity index is 474. The quantitative estimate of drug-likeness (QED) is 0.566. The number of aromatic nitrogens is 2. The number of hydrazine groups is 1. The van der Waals surface area contributed by atoms with Gasteiger partial charge in [-0.2, -0.15) is 0 Å². The van der Waals surface area contributed by atoms with Gasteiger partial charge in [-0.05, 0) is 20.3 Å². The molecule has 106 valence electrons. The van der Waals surface area contributed by atoms with Gasteiger partial charge in [0.2, 0.25) is 0 Å². The van der Waals surface area contributed by atoms with Crippen LogP contribution < -0.4 is 16.6 Å². The van der Waals surface area contributed by atoms with E-state index in [-0.39, 0.29) is 5.41 Å². The first-order chi connectivity index (χ1) is 8.90. The molecule has 4 N–H and O–H groups in total. The average molecular weight is 265 g/mol. The van der Waals surface area contributed by atoms with Crippen molar-refractivity contribution in [3.8, 4) is 0 Å². The fraction of sp³-hybridized carbons (Fsp3) is 0.692. The molecular formula is C13H23N5O. The Balaban J connectivity index is 2.19. The first kappa shape index (κ1) is 14.0. The Morgan fingerprint density at radius 1 is 1.26 bits per heavy atom. The van der Waals surface area contributed by atoms with Crippen LogP contribution >= 0.6 is 0 Å². The number of anilines is 2. The number of nitrogen functional groups attached to an aromatic ring is 1. The van der Waals surface area contributed by atoms with Gasteiger partial charge in [0.25, 0.3) is 0 Å². The van der Waals surface area contributed by atoms with Crippen LogP contribution in [0.4, 0.5) is 11.6 Å². The summed E-state index contributed by atoms with van der Waals surface area (Å²) in [7, 11) is 1.76. The largest absolute Gasteiger partial charge is 0.381 e. The van der Waals surface area contributed by atoms with Gasteiger partial charge in [0, 0.05) is 24.1 Å². The number of aryl methyl sites for hydroxylation is 1. The summed E-state index contributed by atoms with van der Waals surface area (Å²) in [5.41, 5.74) is 3.64. The lowest BCUT2D eigenvalue weighted by Crippen LogP contribution is -2.57. The van der Waals surface area contributed by atoms with Crippen LogP contribution in [0.5, 0.6) is 0 Å². The Hall–Kier alpha value is -1.40. The van der Waals surface area contributed by atoms with E-state index in [1.54, 1.807) is 7.11 Å². The van der Waals surface area contributed by atoms with Crippen molar-refractivity contribution in [3.63, 3.8) is 0 Å². The Morgan fingerprint density at radius 3 is 2.42 bits per heavy atom. The molecule has 0 amide bonds. The van der Waals surface area contributed by atoms with Crippen molar-refractivity contribution >= 4 is 11.6 Å². The van der Waals surface area contributed by atoms with Crippen molar-refractivity contribution in [1.29, 1.82) is 0 Å². The normalized spacial score (nSPS) is 24.7. The first-order valence-corrected chi connectivity index (χ1v) is 6.51. The van der Waals surface area contributed by atoms with Crippen LogP contribution in [-0.2, 0) is 4.74 Å². The van der Waals surface area contributed by atoms with Gasteiger partial charge < -0.3 is 15.5 Å². The zero-order valence-electron chi connectivity index (χ0n) is 12.2. The number of ether oxygens (including phenoxy) is 1. The second-order valence-corrected chi connectivity index (χ2v) is 5.72. The van der Waals surface area contributed by atoms with Crippen molar-refractivity contribution in [2.75, 3.05) is 17.9 Å². The number of nitrogens with one attached hydrogen (secondary N) is 2. The third-order valence-electron chi connectivity index (χ3n) is 4.17. The molecule has 2 unspecified atom stereocenters. The lowest BCUT2D eigenvalue weighted by molar-refractivity contribution is -0.0795. The minimum atomic E-state index is 0.0936. The SMILES string of the molecule is COC1CC(Nc2nc(C)nc(NN)c2C)C1(C)C. The minimum absolute atomic E-state index is 0.0936. The van der Waals surface area contributed by atoms with E-state index in [4.69, 9.17) is 10.6 Å². The lowest BCUT2D eigenvalue weighted by Gasteiger charge is -2.51. The molecule has 1 aliphatic rings. The fourth-order valence-electron chi connectivity index (χ4n) is 2.60. The fourth-order valence-corrected chi connectivity index (χ4v) is 2.60. The zero-order valence-corrected chi connectivity index (χ0v) is 12.2. The molecule has 1 saturated carbocycles. The maximum absolute atomic E-state index is 5.47. The Morgan fingerprint density at radius 2 is 1.89 bits per heavy atom. The van der Waals surface area contributed by atoms with Gasteiger partial charge in [-0.3, -0.25) is 0 Å². The third kappa shape index (κ3) is 2.37. The van der Waals surface area contributed by atoms with Gasteiger partial charge in [-0.25, -0.2) is 15.8 Å². The predicted octanol–water partition coefficient (Wildman–Crippen LogP) is 1.60. The molecule has 0 saturated heterocycles. The highest BCUT2D eigenvalue weighted by atomic mass is 16.5. The van der Waals surface area contributed by atoms with E-state index < -0.39 is 0 Å². The smallest absolute Gasteiger partial charge is 0.148 e. The molecule has 2 rings (SSSR count). The molecule has 1 aliphatic carbocycles. The van der Waals surface area contributed by atoms with Crippen molar-refractivity contribution in [2.45, 2.75) is 46.3 Å². The van der Waals surface area contributed by atoms with E-state index in [1.165, 1.54) is 0 Å². The second-order valence-electron chi connectivity index (χ2n) is 5.72. The number of nitrogens with zero attached hydrogens (tertiary/aromatic N) is 2. The summed E-state index contributed by atoms with van der Waals surface area (Å²) < 4.78 is 5.46. The summed E-state index contributed by atoms with van der Waals surface area (Å²) in [4.78, 5) is 8.72. The molecule has 6 nitrogen and oxygen atoms in total. The van der Waals surface area contributed by atoms with Gasteiger partial charge in [-0.1, -0.05) is 13.8 Å². The van der Waals surface area contributed by atoms with Crippen molar-refractivity contribution in [1.82, 2.24) is 9.97 Å². The summed E-state index contributed by atoms with van der Waals surface area (Å²) in [5.74, 6) is 7.67. The topological polar surface area (TPSA) is 85.1 Å². The van der Waals surface area contributed by atoms with E-state index in [9.17, 15) is 0 Å². The first-order valence-electron chi connectivity index (χ1n) is 6.51. The highest BCUT2D eigenvalue weighted by Gasteiger charge is 2.48. The highest BCUT2D eigenvalue weighted by Crippen LogP contribution is 2.44. The number of hydrogen-bond donors (Lipinski definition) is 3. The molecule has 1 aromatic heterocycles. The van der Waals surface area contributed by atoms with Crippen molar-refractivity contribution in [3.05, 3.63) is 11.4 Å². The number of hydrogen-bond acceptors (Lipinski definition) is 6. The standard InChI is InChI=1S/C13H23N5O/c1-7-11(15-8(2)16-12(7)18-14)17-9-6-10(19-5)13(9,3)4/h9-10H,6,14H2,1-5H3,(H2,15,16,17,18). The Labute approximate surface area is 114 Å². The number of methoxy groups -OCH3 is 1. The van der Waals surface area contributed by atoms with E-state index in [0.717, 1.165) is 17.8 Å². The number of nitrogens with two attached hydrogens (primary N) is 1. The van der Waals surface area contributed by atoms with E-state index in [0.29, 0.717) is 23.8 Å². The van der Waals surface area contributed by atoms with Crippen LogP contribution in [0.1, 0.15) is 31.7 Å². The van der Waals surface area contributed by atoms with Crippen LogP contribution in [-0.4, -0.2) is 29.2 Å². The number of rotatable bonds is 4. The maximum Gasteiger partial charge on any atom is 0.148 e. The monoisotopic (exact) mass is 265 g/mol. The van der Waals surface area contributed by atoms with E-state index in [2.05, 4.69) is 34.6 Å². The minimum Gasteiger partial charge on any atom is -0.381 e. The summed E-state index contributed by atoms with van der Waals surface area (Å²) >= 11 is 0. The van der Waals surface area contributed by atoms with Crippen LogP contribution in [0.2, 0.25) is 0 Å². The van der Waals surface area contributed by atoms with Crippen LogP contribution in [0.15, 0.2) is 0 Å². The zero-order chi connectivity index (χ0) is 14.2. The summed E-state index contributed by atoms with van der Waals surface area (Å²) in [6, 6.07) is 0.344. The van der Waals surface area contributed by atoms with Crippen molar-refractivity contribution in [2.24, 2.45) is 11.3 Å². The highest BCUT2D eigenvalue weighted by molar-refractivity contribution is 5.57. The van der Waals surface area contributed by atoms with Crippen LogP contribution in [0.3, 0.4) is 0 Å². The summed E-state index contributed by atoms with van der Waals surface area (Å²) in [6.07, 6.45) is 1.28. The lowest BCUT2D eigenvalue weighted by atomic mass is 9.64. The molecule has 1 aromatic rings. The predicted molar refractivity (Wildman–Crippen MR) is 75.9 cm³/mol. The molecule has 0 bridgehead atoms.